The maximum Gasteiger partial charge on any atom is 0.191 e. The summed E-state index contributed by atoms with van der Waals surface area (Å²) < 4.78 is 4.10. The van der Waals surface area contributed by atoms with Crippen LogP contribution < -0.4 is 10.6 Å². The number of guanidine groups is 1. The van der Waals surface area contributed by atoms with Crippen LogP contribution in [0.15, 0.2) is 41.7 Å². The van der Waals surface area contributed by atoms with Crippen molar-refractivity contribution in [2.45, 2.75) is 53.2 Å². The lowest BCUT2D eigenvalue weighted by molar-refractivity contribution is 0.635. The molecule has 0 fully saturated rings. The number of nitrogens with one attached hydrogen (secondary N) is 2. The Balaban J connectivity index is 1.56. The van der Waals surface area contributed by atoms with Gasteiger partial charge >= 0.3 is 0 Å². The van der Waals surface area contributed by atoms with Crippen molar-refractivity contribution in [3.8, 4) is 0 Å². The van der Waals surface area contributed by atoms with Gasteiger partial charge in [0.25, 0.3) is 0 Å². The van der Waals surface area contributed by atoms with Crippen molar-refractivity contribution in [1.82, 2.24) is 30.0 Å². The molecular weight excluding hydrogens is 374 g/mol. The number of imidazole rings is 1. The van der Waals surface area contributed by atoms with E-state index in [0.29, 0.717) is 6.54 Å². The smallest absolute Gasteiger partial charge is 0.191 e. The third kappa shape index (κ3) is 5.28. The van der Waals surface area contributed by atoms with Crippen LogP contribution in [0.25, 0.3) is 0 Å². The van der Waals surface area contributed by atoms with Crippen molar-refractivity contribution in [2.24, 2.45) is 12.0 Å². The van der Waals surface area contributed by atoms with Crippen LogP contribution in [0.5, 0.6) is 0 Å². The summed E-state index contributed by atoms with van der Waals surface area (Å²) in [4.78, 5) is 8.69. The number of aromatic nitrogens is 4. The molecule has 2 aromatic heterocycles. The van der Waals surface area contributed by atoms with Gasteiger partial charge < -0.3 is 15.2 Å². The second-order valence-corrected chi connectivity index (χ2v) is 7.87. The monoisotopic (exact) mass is 407 g/mol. The number of nitrogens with zero attached hydrogens (tertiary/aromatic N) is 5. The SMILES string of the molecule is CN=C(NCc1cccc(Cn2ccnc2C)c1)NC(C)Cc1c(C)nn(C)c1C. The highest BCUT2D eigenvalue weighted by Gasteiger charge is 2.14. The quantitative estimate of drug-likeness (QED) is 0.467. The highest BCUT2D eigenvalue weighted by molar-refractivity contribution is 5.79. The molecular formula is C23H33N7. The zero-order chi connectivity index (χ0) is 21.7. The molecule has 7 heteroatoms. The second-order valence-electron chi connectivity index (χ2n) is 7.87. The van der Waals surface area contributed by atoms with E-state index in [4.69, 9.17) is 0 Å². The first-order valence-corrected chi connectivity index (χ1v) is 10.4. The van der Waals surface area contributed by atoms with Crippen LogP contribution in [-0.4, -0.2) is 38.4 Å². The molecule has 0 radical (unpaired) electrons. The zero-order valence-corrected chi connectivity index (χ0v) is 18.9. The Morgan fingerprint density at radius 1 is 1.20 bits per heavy atom. The lowest BCUT2D eigenvalue weighted by Gasteiger charge is -2.18. The summed E-state index contributed by atoms with van der Waals surface area (Å²) in [5.74, 6) is 1.83. The maximum absolute atomic E-state index is 4.52. The number of aryl methyl sites for hydroxylation is 3. The summed E-state index contributed by atoms with van der Waals surface area (Å²) in [5.41, 5.74) is 6.09. The van der Waals surface area contributed by atoms with Gasteiger partial charge in [0.2, 0.25) is 0 Å². The van der Waals surface area contributed by atoms with E-state index in [-0.39, 0.29) is 6.04 Å². The first-order chi connectivity index (χ1) is 14.4. The van der Waals surface area contributed by atoms with Crippen LogP contribution >= 0.6 is 0 Å². The van der Waals surface area contributed by atoms with E-state index in [1.165, 1.54) is 22.4 Å². The highest BCUT2D eigenvalue weighted by Crippen LogP contribution is 2.14. The molecule has 160 valence electrons. The van der Waals surface area contributed by atoms with E-state index in [1.54, 1.807) is 7.05 Å². The van der Waals surface area contributed by atoms with Crippen molar-refractivity contribution >= 4 is 5.96 Å². The predicted molar refractivity (Wildman–Crippen MR) is 122 cm³/mol. The number of aliphatic imine (C=N–C) groups is 1. The lowest BCUT2D eigenvalue weighted by atomic mass is 10.1. The molecule has 0 aliphatic carbocycles. The van der Waals surface area contributed by atoms with Gasteiger partial charge in [0.15, 0.2) is 5.96 Å². The molecule has 0 saturated carbocycles. The third-order valence-electron chi connectivity index (χ3n) is 5.50. The highest BCUT2D eigenvalue weighted by atomic mass is 15.3. The van der Waals surface area contributed by atoms with Crippen LogP contribution in [0, 0.1) is 20.8 Å². The zero-order valence-electron chi connectivity index (χ0n) is 18.9. The van der Waals surface area contributed by atoms with Crippen molar-refractivity contribution in [1.29, 1.82) is 0 Å². The number of hydrogen-bond donors (Lipinski definition) is 2. The third-order valence-corrected chi connectivity index (χ3v) is 5.50. The fourth-order valence-corrected chi connectivity index (χ4v) is 3.69. The second kappa shape index (κ2) is 9.61. The van der Waals surface area contributed by atoms with Crippen molar-refractivity contribution in [2.75, 3.05) is 7.05 Å². The van der Waals surface area contributed by atoms with Gasteiger partial charge in [-0.05, 0) is 50.8 Å². The van der Waals surface area contributed by atoms with Crippen LogP contribution in [0.4, 0.5) is 0 Å². The summed E-state index contributed by atoms with van der Waals surface area (Å²) in [7, 11) is 3.80. The largest absolute Gasteiger partial charge is 0.354 e. The van der Waals surface area contributed by atoms with E-state index < -0.39 is 0 Å². The van der Waals surface area contributed by atoms with E-state index in [1.807, 2.05) is 31.0 Å². The Labute approximate surface area is 179 Å². The molecule has 1 atom stereocenters. The fourth-order valence-electron chi connectivity index (χ4n) is 3.69. The Hall–Kier alpha value is -3.09. The fraction of sp³-hybridized carbons (Fsp3) is 0.435. The summed E-state index contributed by atoms with van der Waals surface area (Å²) in [6.07, 6.45) is 4.76. The van der Waals surface area contributed by atoms with Crippen molar-refractivity contribution < 1.29 is 0 Å². The first kappa shape index (κ1) is 21.6. The van der Waals surface area contributed by atoms with Crippen LogP contribution in [0.3, 0.4) is 0 Å². The number of hydrogen-bond acceptors (Lipinski definition) is 3. The Kier molecular flexibility index (Phi) is 6.92. The molecule has 0 spiro atoms. The maximum atomic E-state index is 4.52. The standard InChI is InChI=1S/C23H33N7/c1-16(12-22-17(2)28-29(6)18(22)3)27-23(24-5)26-14-20-8-7-9-21(13-20)15-30-11-10-25-19(30)4/h7-11,13,16H,12,14-15H2,1-6H3,(H2,24,26,27). The van der Waals surface area contributed by atoms with E-state index in [2.05, 4.69) is 75.3 Å². The van der Waals surface area contributed by atoms with Crippen LogP contribution in [0.1, 0.15) is 40.8 Å². The minimum atomic E-state index is 0.244. The van der Waals surface area contributed by atoms with Gasteiger partial charge in [0, 0.05) is 51.3 Å². The molecule has 3 aromatic rings. The molecule has 0 aliphatic rings. The molecule has 3 rings (SSSR count). The van der Waals surface area contributed by atoms with Crippen molar-refractivity contribution in [3.63, 3.8) is 0 Å². The first-order valence-electron chi connectivity index (χ1n) is 10.4. The summed E-state index contributed by atoms with van der Waals surface area (Å²) in [5, 5.41) is 11.4. The van der Waals surface area contributed by atoms with Gasteiger partial charge in [-0.25, -0.2) is 4.98 Å². The molecule has 0 aliphatic heterocycles. The van der Waals surface area contributed by atoms with Crippen LogP contribution in [-0.2, 0) is 26.6 Å². The summed E-state index contributed by atoms with van der Waals surface area (Å²) >= 11 is 0. The molecule has 7 nitrogen and oxygen atoms in total. The lowest BCUT2D eigenvalue weighted by Crippen LogP contribution is -2.42. The Morgan fingerprint density at radius 2 is 1.97 bits per heavy atom. The average Bonchev–Trinajstić information content (AvgIpc) is 3.22. The van der Waals surface area contributed by atoms with E-state index in [0.717, 1.165) is 30.4 Å². The number of benzene rings is 1. The molecule has 2 N–H and O–H groups in total. The van der Waals surface area contributed by atoms with E-state index in [9.17, 15) is 0 Å². The molecule has 1 unspecified atom stereocenters. The van der Waals surface area contributed by atoms with Gasteiger partial charge in [0.1, 0.15) is 5.82 Å². The Bertz CT molecular complexity index is 1010. The minimum absolute atomic E-state index is 0.244. The predicted octanol–water partition coefficient (Wildman–Crippen LogP) is 2.89. The van der Waals surface area contributed by atoms with E-state index >= 15 is 0 Å². The average molecular weight is 408 g/mol. The molecule has 0 amide bonds. The Morgan fingerprint density at radius 3 is 2.60 bits per heavy atom. The van der Waals surface area contributed by atoms with Gasteiger partial charge in [-0.15, -0.1) is 0 Å². The minimum Gasteiger partial charge on any atom is -0.354 e. The normalized spacial score (nSPS) is 12.8. The van der Waals surface area contributed by atoms with Gasteiger partial charge in [-0.2, -0.15) is 5.10 Å². The molecule has 0 bridgehead atoms. The molecule has 1 aromatic carbocycles. The summed E-state index contributed by atoms with van der Waals surface area (Å²) in [6.45, 7) is 9.93. The topological polar surface area (TPSA) is 72.1 Å². The number of rotatable bonds is 7. The van der Waals surface area contributed by atoms with Crippen LogP contribution in [0.2, 0.25) is 0 Å². The summed E-state index contributed by atoms with van der Waals surface area (Å²) in [6, 6.07) is 8.86. The van der Waals surface area contributed by atoms with Crippen molar-refractivity contribution in [3.05, 3.63) is 70.6 Å². The molecule has 30 heavy (non-hydrogen) atoms. The van der Waals surface area contributed by atoms with Gasteiger partial charge in [0.05, 0.1) is 5.69 Å². The molecule has 0 saturated heterocycles. The van der Waals surface area contributed by atoms with Gasteiger partial charge in [-0.3, -0.25) is 9.67 Å². The van der Waals surface area contributed by atoms with Gasteiger partial charge in [-0.1, -0.05) is 24.3 Å². The molecule has 2 heterocycles.